The molecular formula is C33H45FN4O2. The zero-order chi connectivity index (χ0) is 27.9. The van der Waals surface area contributed by atoms with Gasteiger partial charge in [0.1, 0.15) is 17.3 Å². The number of methoxy groups -OCH3 is 1. The minimum atomic E-state index is -0.162. The van der Waals surface area contributed by atoms with Crippen LogP contribution in [0.4, 0.5) is 4.39 Å². The Morgan fingerprint density at radius 3 is 1.98 bits per heavy atom. The van der Waals surface area contributed by atoms with Crippen LogP contribution < -0.4 is 9.47 Å². The molecule has 0 N–H and O–H groups in total. The van der Waals surface area contributed by atoms with E-state index in [1.165, 1.54) is 5.56 Å². The topological polar surface area (TPSA) is 31.4 Å². The molecule has 3 aromatic carbocycles. The van der Waals surface area contributed by atoms with E-state index in [0.29, 0.717) is 18.7 Å². The summed E-state index contributed by atoms with van der Waals surface area (Å²) in [5.41, 5.74) is 1.23. The Labute approximate surface area is 239 Å². The highest BCUT2D eigenvalue weighted by Crippen LogP contribution is 2.33. The molecule has 2 aliphatic heterocycles. The van der Waals surface area contributed by atoms with Gasteiger partial charge in [-0.3, -0.25) is 14.7 Å². The van der Waals surface area contributed by atoms with Gasteiger partial charge in [-0.25, -0.2) is 4.39 Å². The third-order valence-corrected chi connectivity index (χ3v) is 8.61. The fourth-order valence-electron chi connectivity index (χ4n) is 6.14. The van der Waals surface area contributed by atoms with Crippen molar-refractivity contribution in [1.29, 1.82) is 0 Å². The van der Waals surface area contributed by atoms with Crippen molar-refractivity contribution in [3.63, 3.8) is 0 Å². The lowest BCUT2D eigenvalue weighted by Gasteiger charge is -2.43. The van der Waals surface area contributed by atoms with Gasteiger partial charge in [-0.05, 0) is 50.1 Å². The van der Waals surface area contributed by atoms with Gasteiger partial charge in [0.05, 0.1) is 13.7 Å². The first-order valence-electron chi connectivity index (χ1n) is 14.9. The highest BCUT2D eigenvalue weighted by Gasteiger charge is 2.29. The normalized spacial score (nSPS) is 18.8. The Hall–Kier alpha value is -2.71. The number of nitrogens with zero attached hydrogens (tertiary/aromatic N) is 4. The minimum absolute atomic E-state index is 0.162. The second-order valence-electron chi connectivity index (χ2n) is 11.4. The Bertz CT molecular complexity index is 1200. The molecule has 2 fully saturated rings. The smallest absolute Gasteiger partial charge is 0.127 e. The first kappa shape index (κ1) is 28.8. The van der Waals surface area contributed by atoms with Crippen LogP contribution in [0.2, 0.25) is 0 Å². The van der Waals surface area contributed by atoms with E-state index < -0.39 is 0 Å². The molecule has 2 aliphatic rings. The molecule has 7 heteroatoms. The molecule has 0 bridgehead atoms. The van der Waals surface area contributed by atoms with Crippen LogP contribution in [-0.2, 0) is 0 Å². The van der Waals surface area contributed by atoms with Gasteiger partial charge >= 0.3 is 0 Å². The van der Waals surface area contributed by atoms with Gasteiger partial charge in [-0.15, -0.1) is 0 Å². The summed E-state index contributed by atoms with van der Waals surface area (Å²) in [4.78, 5) is 10.3. The van der Waals surface area contributed by atoms with E-state index in [1.54, 1.807) is 19.2 Å². The lowest BCUT2D eigenvalue weighted by atomic mass is 10.0. The highest BCUT2D eigenvalue weighted by atomic mass is 19.1. The molecule has 0 aliphatic carbocycles. The maximum atomic E-state index is 13.7. The van der Waals surface area contributed by atoms with E-state index in [4.69, 9.17) is 9.47 Å². The van der Waals surface area contributed by atoms with Gasteiger partial charge in [-0.1, -0.05) is 36.4 Å². The van der Waals surface area contributed by atoms with Crippen molar-refractivity contribution < 1.29 is 13.9 Å². The highest BCUT2D eigenvalue weighted by molar-refractivity contribution is 5.93. The average Bonchev–Trinajstić information content (AvgIpc) is 2.99. The van der Waals surface area contributed by atoms with Crippen LogP contribution in [-0.4, -0.2) is 105 Å². The van der Waals surface area contributed by atoms with Crippen molar-refractivity contribution in [3.05, 3.63) is 72.0 Å². The number of halogens is 1. The average molecular weight is 549 g/mol. The van der Waals surface area contributed by atoms with Crippen LogP contribution in [0.25, 0.3) is 10.8 Å². The van der Waals surface area contributed by atoms with E-state index >= 15 is 0 Å². The van der Waals surface area contributed by atoms with Crippen molar-refractivity contribution >= 4 is 10.8 Å². The summed E-state index contributed by atoms with van der Waals surface area (Å²) in [6.07, 6.45) is 0.999. The second-order valence-corrected chi connectivity index (χ2v) is 11.4. The van der Waals surface area contributed by atoms with Gasteiger partial charge in [0, 0.05) is 88.3 Å². The number of fused-ring (bicyclic) bond motifs is 1. The largest absolute Gasteiger partial charge is 0.496 e. The number of piperazine rings is 2. The van der Waals surface area contributed by atoms with E-state index in [1.807, 2.05) is 36.4 Å². The number of ether oxygens (including phenoxy) is 2. The Morgan fingerprint density at radius 2 is 1.32 bits per heavy atom. The molecule has 5 rings (SSSR count). The number of benzene rings is 3. The maximum absolute atomic E-state index is 13.7. The van der Waals surface area contributed by atoms with E-state index in [9.17, 15) is 4.39 Å². The van der Waals surface area contributed by atoms with Crippen molar-refractivity contribution in [1.82, 2.24) is 19.6 Å². The van der Waals surface area contributed by atoms with Crippen molar-refractivity contribution in [3.8, 4) is 11.5 Å². The molecule has 216 valence electrons. The quantitative estimate of drug-likeness (QED) is 0.309. The Kier molecular flexibility index (Phi) is 9.92. The monoisotopic (exact) mass is 548 g/mol. The second kappa shape index (κ2) is 13.8. The fourth-order valence-corrected chi connectivity index (χ4v) is 6.14. The molecule has 0 saturated carbocycles. The standard InChI is InChI=1S/C33H45FN4O2/c1-26(2)37-20-22-38(23-21-37)31(27-9-11-28(34)12-10-27)25-36-18-16-35(17-19-36)15-6-24-40-33-14-13-32(39-3)29-7-4-5-8-30(29)33/h4-5,7-14,26,31H,6,15-25H2,1-3H3. The van der Waals surface area contributed by atoms with Crippen molar-refractivity contribution in [2.24, 2.45) is 0 Å². The lowest BCUT2D eigenvalue weighted by molar-refractivity contribution is 0.0476. The molecule has 0 aromatic heterocycles. The van der Waals surface area contributed by atoms with Gasteiger partial charge in [0.25, 0.3) is 0 Å². The molecule has 0 spiro atoms. The number of hydrogen-bond donors (Lipinski definition) is 0. The van der Waals surface area contributed by atoms with Crippen LogP contribution in [0.15, 0.2) is 60.7 Å². The maximum Gasteiger partial charge on any atom is 0.127 e. The molecule has 0 radical (unpaired) electrons. The zero-order valence-corrected chi connectivity index (χ0v) is 24.4. The van der Waals surface area contributed by atoms with Crippen LogP contribution in [0.5, 0.6) is 11.5 Å². The molecule has 6 nitrogen and oxygen atoms in total. The van der Waals surface area contributed by atoms with Gasteiger partial charge in [-0.2, -0.15) is 0 Å². The van der Waals surface area contributed by atoms with E-state index in [0.717, 1.165) is 94.1 Å². The van der Waals surface area contributed by atoms with Crippen LogP contribution >= 0.6 is 0 Å². The molecule has 2 heterocycles. The SMILES string of the molecule is COc1ccc(OCCCN2CCN(CC(c3ccc(F)cc3)N3CCN(C(C)C)CC3)CC2)c2ccccc12. The zero-order valence-electron chi connectivity index (χ0n) is 24.4. The molecule has 3 aromatic rings. The van der Waals surface area contributed by atoms with Crippen molar-refractivity contribution in [2.75, 3.05) is 79.2 Å². The summed E-state index contributed by atoms with van der Waals surface area (Å²) in [6.45, 7) is 15.9. The third-order valence-electron chi connectivity index (χ3n) is 8.61. The van der Waals surface area contributed by atoms with Gasteiger partial charge in [0.2, 0.25) is 0 Å². The first-order valence-corrected chi connectivity index (χ1v) is 14.9. The molecular weight excluding hydrogens is 503 g/mol. The third kappa shape index (κ3) is 7.13. The van der Waals surface area contributed by atoms with Gasteiger partial charge in [0.15, 0.2) is 0 Å². The van der Waals surface area contributed by atoms with Crippen LogP contribution in [0, 0.1) is 5.82 Å². The fraction of sp³-hybridized carbons (Fsp3) is 0.515. The summed E-state index contributed by atoms with van der Waals surface area (Å²) in [6, 6.07) is 20.3. The van der Waals surface area contributed by atoms with Gasteiger partial charge < -0.3 is 14.4 Å². The molecule has 0 amide bonds. The summed E-state index contributed by atoms with van der Waals surface area (Å²) in [7, 11) is 1.71. The summed E-state index contributed by atoms with van der Waals surface area (Å²) < 4.78 is 25.4. The first-order chi connectivity index (χ1) is 19.5. The van der Waals surface area contributed by atoms with Crippen LogP contribution in [0.1, 0.15) is 31.9 Å². The molecule has 1 unspecified atom stereocenters. The van der Waals surface area contributed by atoms with Crippen LogP contribution in [0.3, 0.4) is 0 Å². The lowest BCUT2D eigenvalue weighted by Crippen LogP contribution is -2.53. The number of hydrogen-bond acceptors (Lipinski definition) is 6. The molecule has 40 heavy (non-hydrogen) atoms. The van der Waals surface area contributed by atoms with Crippen molar-refractivity contribution in [2.45, 2.75) is 32.4 Å². The Morgan fingerprint density at radius 1 is 0.725 bits per heavy atom. The predicted octanol–water partition coefficient (Wildman–Crippen LogP) is 5.14. The Balaban J connectivity index is 1.10. The summed E-state index contributed by atoms with van der Waals surface area (Å²) >= 11 is 0. The molecule has 2 saturated heterocycles. The molecule has 1 atom stereocenters. The summed E-state index contributed by atoms with van der Waals surface area (Å²) in [5.74, 6) is 1.63. The van der Waals surface area contributed by atoms with E-state index in [2.05, 4.69) is 45.6 Å². The minimum Gasteiger partial charge on any atom is -0.496 e. The summed E-state index contributed by atoms with van der Waals surface area (Å²) in [5, 5.41) is 2.18. The predicted molar refractivity (Wildman–Crippen MR) is 161 cm³/mol. The number of rotatable bonds is 11. The van der Waals surface area contributed by atoms with E-state index in [-0.39, 0.29) is 5.82 Å².